The molecule has 0 atom stereocenters. The van der Waals surface area contributed by atoms with E-state index in [1.54, 1.807) is 12.1 Å². The summed E-state index contributed by atoms with van der Waals surface area (Å²) in [6.07, 6.45) is 1.28. The molecule has 0 heterocycles. The summed E-state index contributed by atoms with van der Waals surface area (Å²) in [5.74, 6) is -0.490. The minimum absolute atomic E-state index is 0.00932. The fourth-order valence-corrected chi connectivity index (χ4v) is 1.60. The van der Waals surface area contributed by atoms with Crippen molar-refractivity contribution >= 4 is 37.8 Å². The van der Waals surface area contributed by atoms with Gasteiger partial charge in [0.25, 0.3) is 5.69 Å². The first kappa shape index (κ1) is 12.6. The van der Waals surface area contributed by atoms with Crippen LogP contribution in [0.5, 0.6) is 0 Å². The van der Waals surface area contributed by atoms with Gasteiger partial charge in [-0.3, -0.25) is 10.1 Å². The van der Waals surface area contributed by atoms with Crippen molar-refractivity contribution in [3.05, 3.63) is 46.0 Å². The summed E-state index contributed by atoms with van der Waals surface area (Å²) in [6, 6.07) is 6.05. The maximum absolute atomic E-state index is 11.0. The van der Waals surface area contributed by atoms with E-state index >= 15 is 0 Å². The number of nitro benzene ring substituents is 1. The number of methoxy groups -OCH3 is 1. The van der Waals surface area contributed by atoms with Gasteiger partial charge in [0.05, 0.1) is 12.0 Å². The van der Waals surface area contributed by atoms with Crippen LogP contribution in [0.2, 0.25) is 0 Å². The van der Waals surface area contributed by atoms with Crippen LogP contribution in [-0.4, -0.2) is 18.0 Å². The lowest BCUT2D eigenvalue weighted by Gasteiger charge is -1.99. The number of rotatable bonds is 3. The van der Waals surface area contributed by atoms with E-state index < -0.39 is 10.9 Å². The number of nitrogens with zero attached hydrogens (tertiary/aromatic N) is 1. The van der Waals surface area contributed by atoms with Gasteiger partial charge >= 0.3 is 5.97 Å². The number of hydrogen-bond donors (Lipinski definition) is 0. The number of nitro groups is 1. The smallest absolute Gasteiger partial charge is 0.331 e. The van der Waals surface area contributed by atoms with E-state index in [1.165, 1.54) is 25.3 Å². The first-order valence-electron chi connectivity index (χ1n) is 4.24. The van der Waals surface area contributed by atoms with Crippen LogP contribution in [0, 0.1) is 10.1 Å². The van der Waals surface area contributed by atoms with Crippen molar-refractivity contribution in [1.29, 1.82) is 0 Å². The van der Waals surface area contributed by atoms with Crippen molar-refractivity contribution in [3.8, 4) is 0 Å². The molecule has 0 fully saturated rings. The quantitative estimate of drug-likeness (QED) is 0.280. The highest BCUT2D eigenvalue weighted by molar-refractivity contribution is 14.1. The number of esters is 1. The molecule has 0 aliphatic carbocycles. The maximum atomic E-state index is 11.0. The van der Waals surface area contributed by atoms with Gasteiger partial charge in [-0.2, -0.15) is 0 Å². The average molecular weight is 333 g/mol. The van der Waals surface area contributed by atoms with Gasteiger partial charge in [-0.15, -0.1) is 0 Å². The molecule has 1 aromatic carbocycles. The Labute approximate surface area is 105 Å². The summed E-state index contributed by atoms with van der Waals surface area (Å²) in [6.45, 7) is 0. The van der Waals surface area contributed by atoms with Crippen LogP contribution >= 0.6 is 22.6 Å². The Kier molecular flexibility index (Phi) is 4.41. The van der Waals surface area contributed by atoms with E-state index in [-0.39, 0.29) is 5.69 Å². The largest absolute Gasteiger partial charge is 0.466 e. The molecule has 0 unspecified atom stereocenters. The first-order valence-corrected chi connectivity index (χ1v) is 5.32. The molecule has 0 bridgehead atoms. The second kappa shape index (κ2) is 5.59. The number of carbonyl (C=O) groups excluding carboxylic acids is 1. The number of halogens is 1. The van der Waals surface area contributed by atoms with E-state index in [0.717, 1.165) is 0 Å². The van der Waals surface area contributed by atoms with Crippen molar-refractivity contribution in [2.24, 2.45) is 0 Å². The Balaban J connectivity index is 3.05. The molecule has 0 saturated heterocycles. The number of carbonyl (C=O) groups is 1. The standard InChI is InChI=1S/C10H8INO4/c1-16-10(13)6-9(11)7-3-2-4-8(5-7)12(14)15/h2-6H,1H3/b9-6-. The molecule has 0 aliphatic heterocycles. The lowest BCUT2D eigenvalue weighted by molar-refractivity contribution is -0.384. The van der Waals surface area contributed by atoms with Crippen LogP contribution < -0.4 is 0 Å². The third-order valence-corrected chi connectivity index (χ3v) is 2.71. The Morgan fingerprint density at radius 1 is 1.56 bits per heavy atom. The first-order chi connectivity index (χ1) is 7.54. The predicted molar refractivity (Wildman–Crippen MR) is 67.1 cm³/mol. The van der Waals surface area contributed by atoms with Crippen LogP contribution in [0.4, 0.5) is 5.69 Å². The summed E-state index contributed by atoms with van der Waals surface area (Å²) in [5, 5.41) is 10.5. The summed E-state index contributed by atoms with van der Waals surface area (Å²) >= 11 is 1.92. The van der Waals surface area contributed by atoms with Crippen LogP contribution in [0.3, 0.4) is 0 Å². The van der Waals surface area contributed by atoms with Gasteiger partial charge in [0.2, 0.25) is 0 Å². The van der Waals surface area contributed by atoms with Crippen LogP contribution in [0.1, 0.15) is 5.56 Å². The zero-order valence-corrected chi connectivity index (χ0v) is 10.5. The monoisotopic (exact) mass is 333 g/mol. The Bertz CT molecular complexity index is 456. The molecule has 16 heavy (non-hydrogen) atoms. The highest BCUT2D eigenvalue weighted by Crippen LogP contribution is 2.25. The van der Waals surface area contributed by atoms with Gasteiger partial charge in [-0.05, 0) is 28.2 Å². The Morgan fingerprint density at radius 3 is 2.81 bits per heavy atom. The van der Waals surface area contributed by atoms with Crippen molar-refractivity contribution in [1.82, 2.24) is 0 Å². The van der Waals surface area contributed by atoms with Gasteiger partial charge < -0.3 is 4.74 Å². The van der Waals surface area contributed by atoms with Gasteiger partial charge in [0.1, 0.15) is 0 Å². The minimum Gasteiger partial charge on any atom is -0.466 e. The lowest BCUT2D eigenvalue weighted by Crippen LogP contribution is -1.95. The second-order valence-corrected chi connectivity index (χ2v) is 3.99. The zero-order valence-electron chi connectivity index (χ0n) is 8.34. The predicted octanol–water partition coefficient (Wildman–Crippen LogP) is 2.54. The molecule has 0 aromatic heterocycles. The molecule has 1 rings (SSSR count). The number of benzene rings is 1. The summed E-state index contributed by atoms with van der Waals surface area (Å²) in [4.78, 5) is 21.0. The molecule has 6 heteroatoms. The van der Waals surface area contributed by atoms with E-state index in [9.17, 15) is 14.9 Å². The number of non-ortho nitro benzene ring substituents is 1. The lowest BCUT2D eigenvalue weighted by atomic mass is 10.2. The van der Waals surface area contributed by atoms with E-state index in [2.05, 4.69) is 4.74 Å². The molecular weight excluding hydrogens is 325 g/mol. The van der Waals surface area contributed by atoms with Gasteiger partial charge in [-0.1, -0.05) is 12.1 Å². The number of hydrogen-bond acceptors (Lipinski definition) is 4. The fourth-order valence-electron chi connectivity index (χ4n) is 1.01. The van der Waals surface area contributed by atoms with Gasteiger partial charge in [-0.25, -0.2) is 4.79 Å². The molecule has 5 nitrogen and oxygen atoms in total. The van der Waals surface area contributed by atoms with Crippen LogP contribution in [0.15, 0.2) is 30.3 Å². The molecule has 0 radical (unpaired) electrons. The SMILES string of the molecule is COC(=O)/C=C(\I)c1cccc([N+](=O)[O-])c1. The van der Waals surface area contributed by atoms with Crippen LogP contribution in [-0.2, 0) is 9.53 Å². The summed E-state index contributed by atoms with van der Waals surface area (Å²) < 4.78 is 5.06. The fraction of sp³-hybridized carbons (Fsp3) is 0.100. The molecule has 0 spiro atoms. The second-order valence-electron chi connectivity index (χ2n) is 2.82. The van der Waals surface area contributed by atoms with Crippen molar-refractivity contribution < 1.29 is 14.5 Å². The maximum Gasteiger partial charge on any atom is 0.331 e. The van der Waals surface area contributed by atoms with E-state index in [4.69, 9.17) is 0 Å². The third-order valence-electron chi connectivity index (χ3n) is 1.78. The third kappa shape index (κ3) is 3.30. The molecule has 0 aliphatic rings. The zero-order chi connectivity index (χ0) is 12.1. The van der Waals surface area contributed by atoms with Crippen molar-refractivity contribution in [2.75, 3.05) is 7.11 Å². The molecule has 84 valence electrons. The van der Waals surface area contributed by atoms with E-state index in [1.807, 2.05) is 22.6 Å². The summed E-state index contributed by atoms with van der Waals surface area (Å²) in [7, 11) is 1.27. The molecule has 1 aromatic rings. The normalized spacial score (nSPS) is 11.0. The molecule has 0 amide bonds. The van der Waals surface area contributed by atoms with Crippen molar-refractivity contribution in [3.63, 3.8) is 0 Å². The molecule has 0 N–H and O–H groups in total. The minimum atomic E-state index is -0.490. The van der Waals surface area contributed by atoms with Crippen molar-refractivity contribution in [2.45, 2.75) is 0 Å². The van der Waals surface area contributed by atoms with Crippen LogP contribution in [0.25, 0.3) is 3.58 Å². The van der Waals surface area contributed by atoms with E-state index in [0.29, 0.717) is 9.14 Å². The van der Waals surface area contributed by atoms with Gasteiger partial charge in [0, 0.05) is 21.8 Å². The molecular formula is C10H8INO4. The molecule has 0 saturated carbocycles. The summed E-state index contributed by atoms with van der Waals surface area (Å²) in [5.41, 5.74) is 0.602. The highest BCUT2D eigenvalue weighted by atomic mass is 127. The van der Waals surface area contributed by atoms with Gasteiger partial charge in [0.15, 0.2) is 0 Å². The Hall–Kier alpha value is -1.44. The highest BCUT2D eigenvalue weighted by Gasteiger charge is 2.08. The average Bonchev–Trinajstić information content (AvgIpc) is 2.28. The number of ether oxygens (including phenoxy) is 1. The topological polar surface area (TPSA) is 69.4 Å². The Morgan fingerprint density at radius 2 is 2.25 bits per heavy atom.